The minimum absolute atomic E-state index is 0.117. The summed E-state index contributed by atoms with van der Waals surface area (Å²) in [4.78, 5) is 23.3. The molecule has 0 aliphatic carbocycles. The quantitative estimate of drug-likeness (QED) is 0.768. The summed E-state index contributed by atoms with van der Waals surface area (Å²) in [5.74, 6) is -0.927. The third kappa shape index (κ3) is 2.98. The zero-order chi connectivity index (χ0) is 12.1. The molecule has 0 atom stereocenters. The molecular formula is C11H13NO4. The van der Waals surface area contributed by atoms with Crippen molar-refractivity contribution in [3.8, 4) is 0 Å². The summed E-state index contributed by atoms with van der Waals surface area (Å²) in [6, 6.07) is 2.91. The molecule has 0 saturated carbocycles. The molecule has 16 heavy (non-hydrogen) atoms. The number of rotatable bonds is 5. The van der Waals surface area contributed by atoms with Gasteiger partial charge in [-0.05, 0) is 12.1 Å². The molecule has 1 heterocycles. The first-order valence-electron chi connectivity index (χ1n) is 4.73. The summed E-state index contributed by atoms with van der Waals surface area (Å²) in [6.45, 7) is 5.62. The number of carboxylic acids is 1. The van der Waals surface area contributed by atoms with Crippen molar-refractivity contribution in [3.05, 3.63) is 36.3 Å². The summed E-state index contributed by atoms with van der Waals surface area (Å²) in [5, 5.41) is 8.65. The SMILES string of the molecule is C=CCN(Cc1ccc(C(=O)O)o1)C(C)=O. The van der Waals surface area contributed by atoms with Crippen molar-refractivity contribution in [3.63, 3.8) is 0 Å². The Hall–Kier alpha value is -2.04. The molecule has 5 nitrogen and oxygen atoms in total. The molecule has 0 saturated heterocycles. The molecular weight excluding hydrogens is 210 g/mol. The van der Waals surface area contributed by atoms with Crippen LogP contribution >= 0.6 is 0 Å². The van der Waals surface area contributed by atoms with Crippen LogP contribution in [0.2, 0.25) is 0 Å². The van der Waals surface area contributed by atoms with E-state index in [-0.39, 0.29) is 18.2 Å². The van der Waals surface area contributed by atoms with Crippen molar-refractivity contribution in [1.29, 1.82) is 0 Å². The van der Waals surface area contributed by atoms with Crippen molar-refractivity contribution in [2.75, 3.05) is 6.54 Å². The van der Waals surface area contributed by atoms with E-state index in [9.17, 15) is 9.59 Å². The van der Waals surface area contributed by atoms with Gasteiger partial charge in [-0.2, -0.15) is 0 Å². The smallest absolute Gasteiger partial charge is 0.371 e. The summed E-state index contributed by atoms with van der Waals surface area (Å²) >= 11 is 0. The molecule has 0 unspecified atom stereocenters. The number of nitrogens with zero attached hydrogens (tertiary/aromatic N) is 1. The second-order valence-corrected chi connectivity index (χ2v) is 3.26. The minimum Gasteiger partial charge on any atom is -0.475 e. The van der Waals surface area contributed by atoms with Crippen LogP contribution in [0.25, 0.3) is 0 Å². The topological polar surface area (TPSA) is 70.8 Å². The summed E-state index contributed by atoms with van der Waals surface area (Å²) in [7, 11) is 0. The monoisotopic (exact) mass is 223 g/mol. The van der Waals surface area contributed by atoms with Crippen LogP contribution in [0.15, 0.2) is 29.2 Å². The molecule has 86 valence electrons. The van der Waals surface area contributed by atoms with Gasteiger partial charge in [0.1, 0.15) is 5.76 Å². The van der Waals surface area contributed by atoms with Crippen LogP contribution in [0.3, 0.4) is 0 Å². The van der Waals surface area contributed by atoms with E-state index in [1.165, 1.54) is 17.9 Å². The van der Waals surface area contributed by atoms with E-state index >= 15 is 0 Å². The number of carbonyl (C=O) groups excluding carboxylic acids is 1. The van der Waals surface area contributed by atoms with Crippen molar-refractivity contribution in [2.45, 2.75) is 13.5 Å². The lowest BCUT2D eigenvalue weighted by Gasteiger charge is -2.17. The van der Waals surface area contributed by atoms with Crippen molar-refractivity contribution in [1.82, 2.24) is 4.90 Å². The average molecular weight is 223 g/mol. The van der Waals surface area contributed by atoms with Gasteiger partial charge in [-0.25, -0.2) is 4.79 Å². The van der Waals surface area contributed by atoms with Crippen molar-refractivity contribution >= 4 is 11.9 Å². The lowest BCUT2D eigenvalue weighted by atomic mass is 10.3. The first-order valence-corrected chi connectivity index (χ1v) is 4.73. The minimum atomic E-state index is -1.12. The van der Waals surface area contributed by atoms with Crippen LogP contribution in [-0.2, 0) is 11.3 Å². The Morgan fingerprint density at radius 2 is 2.25 bits per heavy atom. The van der Waals surface area contributed by atoms with E-state index < -0.39 is 5.97 Å². The number of carbonyl (C=O) groups is 2. The second-order valence-electron chi connectivity index (χ2n) is 3.26. The fourth-order valence-corrected chi connectivity index (χ4v) is 1.23. The Bertz CT molecular complexity index is 408. The van der Waals surface area contributed by atoms with Crippen LogP contribution in [0.1, 0.15) is 23.2 Å². The lowest BCUT2D eigenvalue weighted by Crippen LogP contribution is -2.27. The van der Waals surface area contributed by atoms with Crippen LogP contribution in [0.4, 0.5) is 0 Å². The molecule has 0 fully saturated rings. The van der Waals surface area contributed by atoms with Gasteiger partial charge in [-0.1, -0.05) is 6.08 Å². The molecule has 0 spiro atoms. The number of aromatic carboxylic acids is 1. The largest absolute Gasteiger partial charge is 0.475 e. The van der Waals surface area contributed by atoms with E-state index in [2.05, 4.69) is 6.58 Å². The zero-order valence-corrected chi connectivity index (χ0v) is 8.97. The van der Waals surface area contributed by atoms with Crippen LogP contribution < -0.4 is 0 Å². The second kappa shape index (κ2) is 5.16. The molecule has 1 aromatic heterocycles. The van der Waals surface area contributed by atoms with Gasteiger partial charge in [-0.15, -0.1) is 6.58 Å². The Morgan fingerprint density at radius 1 is 1.56 bits per heavy atom. The molecule has 1 aromatic rings. The average Bonchev–Trinajstić information content (AvgIpc) is 2.65. The predicted octanol–water partition coefficient (Wildman–Crippen LogP) is 1.51. The molecule has 1 N–H and O–H groups in total. The van der Waals surface area contributed by atoms with Gasteiger partial charge in [-0.3, -0.25) is 4.79 Å². The maximum atomic E-state index is 11.2. The first kappa shape index (κ1) is 12.0. The van der Waals surface area contributed by atoms with E-state index in [1.54, 1.807) is 12.1 Å². The summed E-state index contributed by atoms with van der Waals surface area (Å²) in [6.07, 6.45) is 1.60. The highest BCUT2D eigenvalue weighted by Crippen LogP contribution is 2.10. The van der Waals surface area contributed by atoms with Gasteiger partial charge in [0.25, 0.3) is 0 Å². The Balaban J connectivity index is 2.73. The number of amides is 1. The molecule has 0 aliphatic rings. The fourth-order valence-electron chi connectivity index (χ4n) is 1.23. The first-order chi connectivity index (χ1) is 7.54. The lowest BCUT2D eigenvalue weighted by molar-refractivity contribution is -0.129. The maximum absolute atomic E-state index is 11.2. The molecule has 0 radical (unpaired) electrons. The number of carboxylic acid groups (broad SMARTS) is 1. The zero-order valence-electron chi connectivity index (χ0n) is 8.97. The van der Waals surface area contributed by atoms with Gasteiger partial charge >= 0.3 is 5.97 Å². The number of hydrogen-bond acceptors (Lipinski definition) is 3. The van der Waals surface area contributed by atoms with Crippen LogP contribution in [0.5, 0.6) is 0 Å². The van der Waals surface area contributed by atoms with Crippen LogP contribution in [0, 0.1) is 0 Å². The van der Waals surface area contributed by atoms with Gasteiger partial charge in [0.05, 0.1) is 6.54 Å². The number of furan rings is 1. The highest BCUT2D eigenvalue weighted by atomic mass is 16.4. The van der Waals surface area contributed by atoms with Crippen molar-refractivity contribution < 1.29 is 19.1 Å². The van der Waals surface area contributed by atoms with Gasteiger partial charge in [0.15, 0.2) is 0 Å². The maximum Gasteiger partial charge on any atom is 0.371 e. The van der Waals surface area contributed by atoms with Gasteiger partial charge in [0.2, 0.25) is 11.7 Å². The van der Waals surface area contributed by atoms with E-state index in [0.717, 1.165) is 0 Å². The molecule has 5 heteroatoms. The Kier molecular flexibility index (Phi) is 3.88. The number of hydrogen-bond donors (Lipinski definition) is 1. The molecule has 0 aliphatic heterocycles. The Labute approximate surface area is 93.0 Å². The van der Waals surface area contributed by atoms with Crippen LogP contribution in [-0.4, -0.2) is 28.4 Å². The summed E-state index contributed by atoms with van der Waals surface area (Å²) < 4.78 is 5.04. The van der Waals surface area contributed by atoms with E-state index in [0.29, 0.717) is 12.3 Å². The molecule has 1 rings (SSSR count). The third-order valence-corrected chi connectivity index (χ3v) is 2.01. The highest BCUT2D eigenvalue weighted by Gasteiger charge is 2.13. The van der Waals surface area contributed by atoms with Crippen molar-refractivity contribution in [2.24, 2.45) is 0 Å². The molecule has 0 bridgehead atoms. The molecule has 0 aromatic carbocycles. The van der Waals surface area contributed by atoms with Gasteiger partial charge < -0.3 is 14.4 Å². The van der Waals surface area contributed by atoms with E-state index in [1.807, 2.05) is 0 Å². The Morgan fingerprint density at radius 3 is 2.69 bits per heavy atom. The summed E-state index contributed by atoms with van der Waals surface area (Å²) in [5.41, 5.74) is 0. The molecule has 1 amide bonds. The fraction of sp³-hybridized carbons (Fsp3) is 0.273. The third-order valence-electron chi connectivity index (χ3n) is 2.01. The van der Waals surface area contributed by atoms with Gasteiger partial charge in [0, 0.05) is 13.5 Å². The highest BCUT2D eigenvalue weighted by molar-refractivity contribution is 5.84. The normalized spacial score (nSPS) is 9.81. The van der Waals surface area contributed by atoms with E-state index in [4.69, 9.17) is 9.52 Å². The standard InChI is InChI=1S/C11H13NO4/c1-3-6-12(8(2)13)7-9-4-5-10(16-9)11(14)15/h3-5H,1,6-7H2,2H3,(H,14,15). The predicted molar refractivity (Wildman–Crippen MR) is 57.0 cm³/mol.